The maximum atomic E-state index is 13.4. The Morgan fingerprint density at radius 3 is 2.52 bits per heavy atom. The van der Waals surface area contributed by atoms with Crippen LogP contribution in [0.2, 0.25) is 0 Å². The Morgan fingerprint density at radius 1 is 0.963 bits per heavy atom. The van der Waals surface area contributed by atoms with Crippen molar-refractivity contribution in [1.29, 1.82) is 0 Å². The van der Waals surface area contributed by atoms with E-state index in [-0.39, 0.29) is 5.82 Å². The third-order valence-corrected chi connectivity index (χ3v) is 4.82. The molecule has 4 aromatic rings. The second-order valence-electron chi connectivity index (χ2n) is 6.47. The molecular formula is C21H18FN4P. The van der Waals surface area contributed by atoms with Gasteiger partial charge in [-0.05, 0) is 52.8 Å². The fraction of sp³-hybridized carbons (Fsp3) is 0.0952. The molecule has 0 aliphatic heterocycles. The molecule has 1 atom stereocenters. The Labute approximate surface area is 159 Å². The Kier molecular flexibility index (Phi) is 4.54. The molecule has 2 aromatic heterocycles. The first kappa shape index (κ1) is 17.5. The van der Waals surface area contributed by atoms with Gasteiger partial charge in [0.05, 0.1) is 5.52 Å². The SMILES string of the molecule is CN(C)c1nc(-c2cccnc2)nc2ccc(-c3ccc(F)cc3P)cc12. The third kappa shape index (κ3) is 3.38. The van der Waals surface area contributed by atoms with Crippen molar-refractivity contribution in [2.24, 2.45) is 0 Å². The van der Waals surface area contributed by atoms with Crippen molar-refractivity contribution in [2.45, 2.75) is 0 Å². The summed E-state index contributed by atoms with van der Waals surface area (Å²) in [7, 11) is 6.51. The molecule has 1 unspecified atom stereocenters. The van der Waals surface area contributed by atoms with Crippen LogP contribution in [0, 0.1) is 5.82 Å². The highest BCUT2D eigenvalue weighted by atomic mass is 31.0. The number of nitrogens with zero attached hydrogens (tertiary/aromatic N) is 4. The summed E-state index contributed by atoms with van der Waals surface area (Å²) in [6.45, 7) is 0. The highest BCUT2D eigenvalue weighted by molar-refractivity contribution is 7.28. The highest BCUT2D eigenvalue weighted by Crippen LogP contribution is 2.30. The summed E-state index contributed by atoms with van der Waals surface area (Å²) in [5, 5.41) is 1.76. The first-order chi connectivity index (χ1) is 13.0. The van der Waals surface area contributed by atoms with E-state index >= 15 is 0 Å². The number of pyridine rings is 1. The average Bonchev–Trinajstić information content (AvgIpc) is 2.67. The van der Waals surface area contributed by atoms with Crippen LogP contribution in [0.15, 0.2) is 60.9 Å². The van der Waals surface area contributed by atoms with Crippen molar-refractivity contribution in [2.75, 3.05) is 19.0 Å². The molecule has 4 rings (SSSR count). The Morgan fingerprint density at radius 2 is 1.81 bits per heavy atom. The fourth-order valence-corrected chi connectivity index (χ4v) is 3.46. The first-order valence-electron chi connectivity index (χ1n) is 8.48. The number of aromatic nitrogens is 3. The molecule has 0 aliphatic carbocycles. The van der Waals surface area contributed by atoms with E-state index < -0.39 is 0 Å². The molecule has 0 saturated carbocycles. The zero-order valence-electron chi connectivity index (χ0n) is 15.0. The van der Waals surface area contributed by atoms with Crippen LogP contribution in [0.3, 0.4) is 0 Å². The van der Waals surface area contributed by atoms with Gasteiger partial charge >= 0.3 is 0 Å². The van der Waals surface area contributed by atoms with Crippen molar-refractivity contribution in [1.82, 2.24) is 15.0 Å². The van der Waals surface area contributed by atoms with E-state index in [2.05, 4.69) is 20.3 Å². The molecule has 2 aromatic carbocycles. The molecule has 6 heteroatoms. The standard InChI is InChI=1S/C21H18FN4P/c1-26(2)21-17-10-13(16-7-6-15(22)11-19(16)27)5-8-18(17)24-20(25-21)14-4-3-9-23-12-14/h3-12H,27H2,1-2H3. The van der Waals surface area contributed by atoms with Crippen LogP contribution < -0.4 is 10.2 Å². The van der Waals surface area contributed by atoms with E-state index in [1.54, 1.807) is 18.5 Å². The first-order valence-corrected chi connectivity index (χ1v) is 9.05. The lowest BCUT2D eigenvalue weighted by Crippen LogP contribution is -2.12. The highest BCUT2D eigenvalue weighted by Gasteiger charge is 2.13. The summed E-state index contributed by atoms with van der Waals surface area (Å²) in [6, 6.07) is 14.6. The van der Waals surface area contributed by atoms with Crippen molar-refractivity contribution in [3.63, 3.8) is 0 Å². The van der Waals surface area contributed by atoms with Gasteiger partial charge in [0.1, 0.15) is 11.6 Å². The third-order valence-electron chi connectivity index (χ3n) is 4.34. The molecule has 0 radical (unpaired) electrons. The van der Waals surface area contributed by atoms with Crippen LogP contribution in [0.1, 0.15) is 0 Å². The molecular weight excluding hydrogens is 358 g/mol. The topological polar surface area (TPSA) is 41.9 Å². The summed E-state index contributed by atoms with van der Waals surface area (Å²) in [4.78, 5) is 15.6. The van der Waals surface area contributed by atoms with Gasteiger partial charge in [-0.25, -0.2) is 14.4 Å². The molecule has 0 bridgehead atoms. The van der Waals surface area contributed by atoms with Crippen molar-refractivity contribution in [3.05, 3.63) is 66.7 Å². The van der Waals surface area contributed by atoms with Crippen molar-refractivity contribution >= 4 is 31.3 Å². The smallest absolute Gasteiger partial charge is 0.163 e. The molecule has 0 saturated heterocycles. The molecule has 4 nitrogen and oxygen atoms in total. The van der Waals surface area contributed by atoms with Gasteiger partial charge in [-0.3, -0.25) is 4.98 Å². The molecule has 134 valence electrons. The Hall–Kier alpha value is -2.91. The normalized spacial score (nSPS) is 11.0. The van der Waals surface area contributed by atoms with Crippen LogP contribution in [0.25, 0.3) is 33.4 Å². The molecule has 27 heavy (non-hydrogen) atoms. The van der Waals surface area contributed by atoms with E-state index in [0.717, 1.165) is 38.7 Å². The van der Waals surface area contributed by atoms with Crippen LogP contribution in [0.5, 0.6) is 0 Å². The molecule has 0 spiro atoms. The fourth-order valence-electron chi connectivity index (χ4n) is 3.04. The number of halogens is 1. The number of rotatable bonds is 3. The van der Waals surface area contributed by atoms with Crippen molar-refractivity contribution in [3.8, 4) is 22.5 Å². The summed E-state index contributed by atoms with van der Waals surface area (Å²) in [5.41, 5.74) is 3.68. The lowest BCUT2D eigenvalue weighted by Gasteiger charge is -2.16. The molecule has 0 aliphatic rings. The van der Waals surface area contributed by atoms with Crippen LogP contribution in [-0.4, -0.2) is 29.0 Å². The largest absolute Gasteiger partial charge is 0.362 e. The Bertz CT molecular complexity index is 1130. The summed E-state index contributed by atoms with van der Waals surface area (Å²) < 4.78 is 13.4. The van der Waals surface area contributed by atoms with E-state index in [1.807, 2.05) is 43.3 Å². The zero-order valence-corrected chi connectivity index (χ0v) is 16.2. The van der Waals surface area contributed by atoms with Gasteiger partial charge in [-0.2, -0.15) is 0 Å². The van der Waals surface area contributed by atoms with Gasteiger partial charge in [0.25, 0.3) is 0 Å². The van der Waals surface area contributed by atoms with Crippen LogP contribution >= 0.6 is 9.24 Å². The van der Waals surface area contributed by atoms with E-state index in [4.69, 9.17) is 9.97 Å². The van der Waals surface area contributed by atoms with Gasteiger partial charge in [-0.1, -0.05) is 12.1 Å². The second kappa shape index (κ2) is 7.01. The van der Waals surface area contributed by atoms with E-state index in [9.17, 15) is 4.39 Å². The minimum Gasteiger partial charge on any atom is -0.362 e. The minimum absolute atomic E-state index is 0.247. The number of anilines is 1. The van der Waals surface area contributed by atoms with E-state index in [1.165, 1.54) is 12.1 Å². The monoisotopic (exact) mass is 376 g/mol. The number of hydrogen-bond donors (Lipinski definition) is 0. The zero-order chi connectivity index (χ0) is 19.0. The lowest BCUT2D eigenvalue weighted by molar-refractivity contribution is 0.629. The minimum atomic E-state index is -0.247. The predicted octanol–water partition coefficient (Wildman–Crippen LogP) is 4.06. The molecule has 2 heterocycles. The number of hydrogen-bond acceptors (Lipinski definition) is 4. The maximum Gasteiger partial charge on any atom is 0.163 e. The average molecular weight is 376 g/mol. The van der Waals surface area contributed by atoms with Gasteiger partial charge in [0.2, 0.25) is 0 Å². The molecule has 0 fully saturated rings. The quantitative estimate of drug-likeness (QED) is 0.506. The Balaban J connectivity index is 1.92. The number of fused-ring (bicyclic) bond motifs is 1. The van der Waals surface area contributed by atoms with Gasteiger partial charge in [-0.15, -0.1) is 9.24 Å². The van der Waals surface area contributed by atoms with Gasteiger partial charge < -0.3 is 4.90 Å². The summed E-state index contributed by atoms with van der Waals surface area (Å²) >= 11 is 0. The van der Waals surface area contributed by atoms with Crippen LogP contribution in [0.4, 0.5) is 10.2 Å². The molecule has 0 N–H and O–H groups in total. The maximum absolute atomic E-state index is 13.4. The molecule has 0 amide bonds. The lowest BCUT2D eigenvalue weighted by atomic mass is 10.0. The van der Waals surface area contributed by atoms with Crippen LogP contribution in [-0.2, 0) is 0 Å². The van der Waals surface area contributed by atoms with Crippen molar-refractivity contribution < 1.29 is 4.39 Å². The predicted molar refractivity (Wildman–Crippen MR) is 112 cm³/mol. The van der Waals surface area contributed by atoms with Gasteiger partial charge in [0.15, 0.2) is 5.82 Å². The number of benzene rings is 2. The summed E-state index contributed by atoms with van der Waals surface area (Å²) in [6.07, 6.45) is 3.49. The van der Waals surface area contributed by atoms with E-state index in [0.29, 0.717) is 5.82 Å². The van der Waals surface area contributed by atoms with Gasteiger partial charge in [0, 0.05) is 37.4 Å². The second-order valence-corrected chi connectivity index (χ2v) is 7.09. The summed E-state index contributed by atoms with van der Waals surface area (Å²) in [5.74, 6) is 1.22.